The van der Waals surface area contributed by atoms with Crippen molar-refractivity contribution in [3.05, 3.63) is 29.8 Å². The highest BCUT2D eigenvalue weighted by atomic mass is 19.1. The molecule has 0 fully saturated rings. The summed E-state index contributed by atoms with van der Waals surface area (Å²) in [6.07, 6.45) is 3.47. The van der Waals surface area contributed by atoms with Crippen LogP contribution in [0.1, 0.15) is 32.6 Å². The molecule has 0 atom stereocenters. The van der Waals surface area contributed by atoms with E-state index in [1.165, 1.54) is 11.8 Å². The van der Waals surface area contributed by atoms with Gasteiger partial charge in [-0.2, -0.15) is 0 Å². The van der Waals surface area contributed by atoms with Gasteiger partial charge in [-0.15, -0.1) is 0 Å². The molecule has 3 nitrogen and oxygen atoms in total. The largest absolute Gasteiger partial charge is 0.310 e. The lowest BCUT2D eigenvalue weighted by atomic mass is 10.2. The molecule has 0 heterocycles. The van der Waals surface area contributed by atoms with Crippen LogP contribution < -0.4 is 4.90 Å². The van der Waals surface area contributed by atoms with Crippen LogP contribution in [0.15, 0.2) is 18.2 Å². The van der Waals surface area contributed by atoms with Gasteiger partial charge in [-0.1, -0.05) is 6.42 Å². The van der Waals surface area contributed by atoms with E-state index in [0.717, 1.165) is 37.3 Å². The zero-order chi connectivity index (χ0) is 14.3. The highest BCUT2D eigenvalue weighted by Gasteiger charge is 2.16. The first-order valence-electron chi connectivity index (χ1n) is 6.23. The summed E-state index contributed by atoms with van der Waals surface area (Å²) in [5.41, 5.74) is -0.0390. The van der Waals surface area contributed by atoms with E-state index in [9.17, 15) is 18.4 Å². The summed E-state index contributed by atoms with van der Waals surface area (Å²) < 4.78 is 26.7. The minimum atomic E-state index is -0.621. The number of rotatable bonds is 7. The van der Waals surface area contributed by atoms with Crippen LogP contribution in [0.2, 0.25) is 0 Å². The van der Waals surface area contributed by atoms with Crippen molar-refractivity contribution in [2.75, 3.05) is 11.4 Å². The summed E-state index contributed by atoms with van der Waals surface area (Å²) in [5.74, 6) is -1.53. The zero-order valence-electron chi connectivity index (χ0n) is 10.9. The number of aldehydes is 1. The summed E-state index contributed by atoms with van der Waals surface area (Å²) in [6, 6.07) is 3.04. The molecule has 0 spiro atoms. The Bertz CT molecular complexity index is 449. The smallest absolute Gasteiger partial charge is 0.223 e. The lowest BCUT2D eigenvalue weighted by Gasteiger charge is -2.21. The third kappa shape index (κ3) is 4.77. The predicted octanol–water partition coefficient (Wildman–Crippen LogP) is 3.08. The van der Waals surface area contributed by atoms with Gasteiger partial charge in [-0.05, 0) is 25.0 Å². The third-order valence-electron chi connectivity index (χ3n) is 2.78. The fourth-order valence-electron chi connectivity index (χ4n) is 1.81. The van der Waals surface area contributed by atoms with Crippen molar-refractivity contribution in [2.45, 2.75) is 32.6 Å². The highest BCUT2D eigenvalue weighted by Crippen LogP contribution is 2.21. The van der Waals surface area contributed by atoms with Crippen LogP contribution in [0.4, 0.5) is 14.5 Å². The maximum Gasteiger partial charge on any atom is 0.223 e. The molecule has 0 saturated carbocycles. The molecule has 104 valence electrons. The maximum atomic E-state index is 13.6. The number of nitrogens with zero attached hydrogens (tertiary/aromatic N) is 1. The van der Waals surface area contributed by atoms with Gasteiger partial charge >= 0.3 is 0 Å². The lowest BCUT2D eigenvalue weighted by molar-refractivity contribution is -0.116. The molecule has 0 aliphatic rings. The molecule has 0 N–H and O–H groups in total. The zero-order valence-corrected chi connectivity index (χ0v) is 10.9. The highest BCUT2D eigenvalue weighted by molar-refractivity contribution is 5.91. The van der Waals surface area contributed by atoms with Gasteiger partial charge in [0.2, 0.25) is 5.91 Å². The Labute approximate surface area is 111 Å². The monoisotopic (exact) mass is 269 g/mol. The van der Waals surface area contributed by atoms with E-state index in [1.807, 2.05) is 0 Å². The Morgan fingerprint density at radius 3 is 2.63 bits per heavy atom. The van der Waals surface area contributed by atoms with Crippen molar-refractivity contribution in [2.24, 2.45) is 0 Å². The number of benzene rings is 1. The Balaban J connectivity index is 2.69. The number of hydrogen-bond donors (Lipinski definition) is 0. The van der Waals surface area contributed by atoms with Crippen molar-refractivity contribution in [3.63, 3.8) is 0 Å². The van der Waals surface area contributed by atoms with Gasteiger partial charge < -0.3 is 9.69 Å². The molecule has 1 rings (SSSR count). The molecule has 0 aromatic heterocycles. The van der Waals surface area contributed by atoms with E-state index in [4.69, 9.17) is 0 Å². The third-order valence-corrected chi connectivity index (χ3v) is 2.78. The second kappa shape index (κ2) is 7.61. The van der Waals surface area contributed by atoms with Gasteiger partial charge in [-0.25, -0.2) is 8.78 Å². The Morgan fingerprint density at radius 2 is 2.00 bits per heavy atom. The normalized spacial score (nSPS) is 10.3. The quantitative estimate of drug-likeness (QED) is 0.563. The number of anilines is 1. The number of carbonyl (C=O) groups excluding carboxylic acids is 2. The fourth-order valence-corrected chi connectivity index (χ4v) is 1.81. The van der Waals surface area contributed by atoms with E-state index in [-0.39, 0.29) is 11.6 Å². The molecular formula is C14H17F2NO2. The number of carbonyl (C=O) groups is 2. The van der Waals surface area contributed by atoms with E-state index < -0.39 is 11.6 Å². The number of unbranched alkanes of at least 4 members (excludes halogenated alkanes) is 3. The second-order valence-corrected chi connectivity index (χ2v) is 4.28. The van der Waals surface area contributed by atoms with Gasteiger partial charge in [0.25, 0.3) is 0 Å². The first kappa shape index (κ1) is 15.3. The van der Waals surface area contributed by atoms with Crippen LogP contribution in [0.3, 0.4) is 0 Å². The molecule has 0 radical (unpaired) electrons. The van der Waals surface area contributed by atoms with Crippen molar-refractivity contribution < 1.29 is 18.4 Å². The van der Waals surface area contributed by atoms with Gasteiger partial charge in [0, 0.05) is 26.0 Å². The van der Waals surface area contributed by atoms with Crippen LogP contribution in [0.25, 0.3) is 0 Å². The van der Waals surface area contributed by atoms with Gasteiger partial charge in [0.1, 0.15) is 17.9 Å². The summed E-state index contributed by atoms with van der Waals surface area (Å²) in [6.45, 7) is 1.63. The second-order valence-electron chi connectivity index (χ2n) is 4.28. The lowest BCUT2D eigenvalue weighted by Crippen LogP contribution is -2.30. The predicted molar refractivity (Wildman–Crippen MR) is 68.9 cm³/mol. The average Bonchev–Trinajstić information content (AvgIpc) is 2.37. The number of halogens is 2. The molecule has 5 heteroatoms. The maximum absolute atomic E-state index is 13.6. The molecule has 0 bridgehead atoms. The van der Waals surface area contributed by atoms with Crippen molar-refractivity contribution in [1.29, 1.82) is 0 Å². The SMILES string of the molecule is CC(=O)N(CCCCCC=O)c1cc(F)ccc1F. The van der Waals surface area contributed by atoms with E-state index in [1.54, 1.807) is 0 Å². The molecule has 1 aromatic rings. The first-order valence-corrected chi connectivity index (χ1v) is 6.23. The van der Waals surface area contributed by atoms with E-state index >= 15 is 0 Å². The van der Waals surface area contributed by atoms with Crippen LogP contribution in [-0.2, 0) is 9.59 Å². The molecule has 0 aliphatic carbocycles. The molecule has 0 saturated heterocycles. The van der Waals surface area contributed by atoms with Crippen LogP contribution >= 0.6 is 0 Å². The minimum Gasteiger partial charge on any atom is -0.310 e. The number of amides is 1. The first-order chi connectivity index (χ1) is 9.06. The fraction of sp³-hybridized carbons (Fsp3) is 0.429. The summed E-state index contributed by atoms with van der Waals surface area (Å²) in [4.78, 5) is 22.9. The van der Waals surface area contributed by atoms with Crippen molar-refractivity contribution in [3.8, 4) is 0 Å². The molecule has 0 aliphatic heterocycles. The van der Waals surface area contributed by atoms with Crippen LogP contribution in [-0.4, -0.2) is 18.7 Å². The topological polar surface area (TPSA) is 37.4 Å². The molecular weight excluding hydrogens is 252 g/mol. The molecule has 1 aromatic carbocycles. The van der Waals surface area contributed by atoms with Gasteiger partial charge in [-0.3, -0.25) is 4.79 Å². The summed E-state index contributed by atoms with van der Waals surface area (Å²) in [5, 5.41) is 0. The average molecular weight is 269 g/mol. The Kier molecular flexibility index (Phi) is 6.12. The molecule has 19 heavy (non-hydrogen) atoms. The Hall–Kier alpha value is -1.78. The van der Waals surface area contributed by atoms with Crippen LogP contribution in [0.5, 0.6) is 0 Å². The van der Waals surface area contributed by atoms with Crippen LogP contribution in [0, 0.1) is 11.6 Å². The van der Waals surface area contributed by atoms with E-state index in [2.05, 4.69) is 0 Å². The summed E-state index contributed by atoms with van der Waals surface area (Å²) >= 11 is 0. The minimum absolute atomic E-state index is 0.0390. The van der Waals surface area contributed by atoms with Gasteiger partial charge in [0.15, 0.2) is 0 Å². The standard InChI is InChI=1S/C14H17F2NO2/c1-11(19)17(8-4-2-3-5-9-18)14-10-12(15)6-7-13(14)16/h6-7,9-10H,2-5,8H2,1H3. The van der Waals surface area contributed by atoms with Crippen molar-refractivity contribution >= 4 is 17.9 Å². The van der Waals surface area contributed by atoms with E-state index in [0.29, 0.717) is 19.4 Å². The summed E-state index contributed by atoms with van der Waals surface area (Å²) in [7, 11) is 0. The Morgan fingerprint density at radius 1 is 1.26 bits per heavy atom. The van der Waals surface area contributed by atoms with Crippen molar-refractivity contribution in [1.82, 2.24) is 0 Å². The molecule has 1 amide bonds. The molecule has 0 unspecified atom stereocenters. The van der Waals surface area contributed by atoms with Gasteiger partial charge in [0.05, 0.1) is 5.69 Å². The number of hydrogen-bond acceptors (Lipinski definition) is 2.